The zero-order valence-corrected chi connectivity index (χ0v) is 13.9. The molecule has 7 nitrogen and oxygen atoms in total. The van der Waals surface area contributed by atoms with E-state index in [9.17, 15) is 14.4 Å². The molecule has 0 saturated carbocycles. The quantitative estimate of drug-likeness (QED) is 0.787. The fraction of sp³-hybridized carbons (Fsp3) is 0.471. The van der Waals surface area contributed by atoms with E-state index in [0.717, 1.165) is 5.56 Å². The number of carboxylic acids is 1. The van der Waals surface area contributed by atoms with Crippen LogP contribution in [-0.2, 0) is 14.4 Å². The zero-order chi connectivity index (χ0) is 17.7. The molecule has 0 fully saturated rings. The van der Waals surface area contributed by atoms with Gasteiger partial charge in [-0.15, -0.1) is 0 Å². The molecule has 2 rings (SSSR count). The van der Waals surface area contributed by atoms with E-state index in [1.807, 2.05) is 32.0 Å². The van der Waals surface area contributed by atoms with E-state index in [-0.39, 0.29) is 37.7 Å². The third kappa shape index (κ3) is 4.24. The van der Waals surface area contributed by atoms with Crippen LogP contribution in [0, 0.1) is 6.92 Å². The number of carboxylic acid groups (broad SMARTS) is 1. The van der Waals surface area contributed by atoms with E-state index in [1.165, 1.54) is 0 Å². The van der Waals surface area contributed by atoms with Gasteiger partial charge < -0.3 is 20.1 Å². The van der Waals surface area contributed by atoms with Gasteiger partial charge in [-0.25, -0.2) is 0 Å². The van der Waals surface area contributed by atoms with Crippen LogP contribution in [0.25, 0.3) is 0 Å². The van der Waals surface area contributed by atoms with Gasteiger partial charge in [0.05, 0.1) is 12.1 Å². The van der Waals surface area contributed by atoms with Gasteiger partial charge in [-0.3, -0.25) is 14.4 Å². The maximum Gasteiger partial charge on any atom is 0.305 e. The molecule has 0 bridgehead atoms. The highest BCUT2D eigenvalue weighted by Gasteiger charge is 2.33. The van der Waals surface area contributed by atoms with E-state index in [2.05, 4.69) is 5.32 Å². The first-order valence-electron chi connectivity index (χ1n) is 7.99. The van der Waals surface area contributed by atoms with E-state index in [0.29, 0.717) is 17.9 Å². The van der Waals surface area contributed by atoms with Crippen molar-refractivity contribution in [3.63, 3.8) is 0 Å². The summed E-state index contributed by atoms with van der Waals surface area (Å²) in [5, 5.41) is 11.1. The Morgan fingerprint density at radius 2 is 2.08 bits per heavy atom. The van der Waals surface area contributed by atoms with Gasteiger partial charge in [-0.05, 0) is 31.0 Å². The largest absolute Gasteiger partial charge is 0.481 e. The molecule has 1 aromatic rings. The molecule has 7 heteroatoms. The van der Waals surface area contributed by atoms with Crippen molar-refractivity contribution >= 4 is 23.5 Å². The second-order valence-corrected chi connectivity index (χ2v) is 5.72. The standard InChI is InChI=1S/C17H22N2O5/c1-3-13-17(23)19(9-7-15(20)18-8-6-16(21)22)12-10-11(2)4-5-14(12)24-13/h4-5,10,13H,3,6-9H2,1-2H3,(H,18,20)(H,21,22). The van der Waals surface area contributed by atoms with Crippen LogP contribution in [0.1, 0.15) is 31.7 Å². The van der Waals surface area contributed by atoms with Gasteiger partial charge in [-0.2, -0.15) is 0 Å². The average molecular weight is 334 g/mol. The summed E-state index contributed by atoms with van der Waals surface area (Å²) in [6, 6.07) is 5.61. The molecule has 2 amide bonds. The number of fused-ring (bicyclic) bond motifs is 1. The molecule has 0 radical (unpaired) electrons. The maximum atomic E-state index is 12.5. The highest BCUT2D eigenvalue weighted by Crippen LogP contribution is 2.35. The highest BCUT2D eigenvalue weighted by atomic mass is 16.5. The number of hydrogen-bond acceptors (Lipinski definition) is 4. The van der Waals surface area contributed by atoms with E-state index < -0.39 is 12.1 Å². The van der Waals surface area contributed by atoms with Crippen LogP contribution < -0.4 is 15.0 Å². The molecule has 0 saturated heterocycles. The Morgan fingerprint density at radius 1 is 1.33 bits per heavy atom. The lowest BCUT2D eigenvalue weighted by atomic mass is 10.1. The van der Waals surface area contributed by atoms with Gasteiger partial charge in [0, 0.05) is 19.5 Å². The van der Waals surface area contributed by atoms with Gasteiger partial charge >= 0.3 is 5.97 Å². The second kappa shape index (κ2) is 7.81. The summed E-state index contributed by atoms with van der Waals surface area (Å²) in [6.45, 7) is 4.11. The molecule has 1 aliphatic heterocycles. The molecule has 1 aliphatic rings. The predicted octanol–water partition coefficient (Wildman–Crippen LogP) is 1.48. The van der Waals surface area contributed by atoms with Crippen LogP contribution in [0.3, 0.4) is 0 Å². The Balaban J connectivity index is 2.05. The minimum absolute atomic E-state index is 0.0818. The number of hydrogen-bond donors (Lipinski definition) is 2. The van der Waals surface area contributed by atoms with Gasteiger partial charge in [0.25, 0.3) is 5.91 Å². The summed E-state index contributed by atoms with van der Waals surface area (Å²) in [4.78, 5) is 36.4. The third-order valence-electron chi connectivity index (χ3n) is 3.81. The van der Waals surface area contributed by atoms with E-state index in [1.54, 1.807) is 4.90 Å². The first-order chi connectivity index (χ1) is 11.4. The number of aliphatic carboxylic acids is 1. The van der Waals surface area contributed by atoms with Crippen molar-refractivity contribution < 1.29 is 24.2 Å². The van der Waals surface area contributed by atoms with Crippen molar-refractivity contribution in [2.75, 3.05) is 18.0 Å². The number of nitrogens with zero attached hydrogens (tertiary/aromatic N) is 1. The molecule has 1 atom stereocenters. The number of ether oxygens (including phenoxy) is 1. The number of carbonyl (C=O) groups is 3. The van der Waals surface area contributed by atoms with Gasteiger partial charge in [0.2, 0.25) is 5.91 Å². The Hall–Kier alpha value is -2.57. The lowest BCUT2D eigenvalue weighted by molar-refractivity contribution is -0.137. The number of carbonyl (C=O) groups excluding carboxylic acids is 2. The number of benzene rings is 1. The SMILES string of the molecule is CCC1Oc2ccc(C)cc2N(CCC(=O)NCCC(=O)O)C1=O. The number of anilines is 1. The molecule has 1 heterocycles. The van der Waals surface area contributed by atoms with Crippen molar-refractivity contribution in [3.05, 3.63) is 23.8 Å². The highest BCUT2D eigenvalue weighted by molar-refractivity contribution is 6.00. The fourth-order valence-corrected chi connectivity index (χ4v) is 2.53. The summed E-state index contributed by atoms with van der Waals surface area (Å²) in [7, 11) is 0. The average Bonchev–Trinajstić information content (AvgIpc) is 2.53. The van der Waals surface area contributed by atoms with Gasteiger partial charge in [-0.1, -0.05) is 13.0 Å². The topological polar surface area (TPSA) is 95.9 Å². The van der Waals surface area contributed by atoms with E-state index >= 15 is 0 Å². The van der Waals surface area contributed by atoms with Crippen LogP contribution >= 0.6 is 0 Å². The maximum absolute atomic E-state index is 12.5. The van der Waals surface area contributed by atoms with Gasteiger partial charge in [0.15, 0.2) is 6.10 Å². The predicted molar refractivity (Wildman–Crippen MR) is 88.1 cm³/mol. The Morgan fingerprint density at radius 3 is 2.75 bits per heavy atom. The molecule has 0 spiro atoms. The van der Waals surface area contributed by atoms with Crippen molar-refractivity contribution in [2.24, 2.45) is 0 Å². The summed E-state index contributed by atoms with van der Waals surface area (Å²) >= 11 is 0. The Kier molecular flexibility index (Phi) is 5.78. The van der Waals surface area contributed by atoms with Crippen LogP contribution in [-0.4, -0.2) is 42.1 Å². The van der Waals surface area contributed by atoms with Crippen LogP contribution in [0.2, 0.25) is 0 Å². The summed E-state index contributed by atoms with van der Waals surface area (Å²) in [5.41, 5.74) is 1.67. The monoisotopic (exact) mass is 334 g/mol. The number of aryl methyl sites for hydroxylation is 1. The number of nitrogens with one attached hydrogen (secondary N) is 1. The molecule has 130 valence electrons. The van der Waals surface area contributed by atoms with Crippen LogP contribution in [0.4, 0.5) is 5.69 Å². The van der Waals surface area contributed by atoms with Crippen LogP contribution in [0.15, 0.2) is 18.2 Å². The summed E-state index contributed by atoms with van der Waals surface area (Å²) in [6.07, 6.45) is -0.0135. The Labute approximate surface area is 140 Å². The zero-order valence-electron chi connectivity index (χ0n) is 13.9. The third-order valence-corrected chi connectivity index (χ3v) is 3.81. The van der Waals surface area contributed by atoms with Crippen molar-refractivity contribution in [1.29, 1.82) is 0 Å². The molecule has 0 aliphatic carbocycles. The molecular weight excluding hydrogens is 312 g/mol. The molecular formula is C17H22N2O5. The van der Waals surface area contributed by atoms with Gasteiger partial charge in [0.1, 0.15) is 5.75 Å². The smallest absolute Gasteiger partial charge is 0.305 e. The number of rotatable bonds is 7. The van der Waals surface area contributed by atoms with Crippen molar-refractivity contribution in [2.45, 2.75) is 39.2 Å². The lowest BCUT2D eigenvalue weighted by Gasteiger charge is -2.34. The normalized spacial score (nSPS) is 16.3. The first-order valence-corrected chi connectivity index (χ1v) is 7.99. The summed E-state index contributed by atoms with van der Waals surface area (Å²) < 4.78 is 5.72. The first kappa shape index (κ1) is 17.8. The molecule has 1 unspecified atom stereocenters. The summed E-state index contributed by atoms with van der Waals surface area (Å²) in [5.74, 6) is -0.765. The molecule has 24 heavy (non-hydrogen) atoms. The fourth-order valence-electron chi connectivity index (χ4n) is 2.53. The van der Waals surface area contributed by atoms with E-state index in [4.69, 9.17) is 9.84 Å². The minimum atomic E-state index is -0.964. The lowest BCUT2D eigenvalue weighted by Crippen LogP contribution is -2.47. The Bertz CT molecular complexity index is 644. The number of amides is 2. The minimum Gasteiger partial charge on any atom is -0.481 e. The van der Waals surface area contributed by atoms with Crippen molar-refractivity contribution in [1.82, 2.24) is 5.32 Å². The van der Waals surface area contributed by atoms with Crippen LogP contribution in [0.5, 0.6) is 5.75 Å². The second-order valence-electron chi connectivity index (χ2n) is 5.72. The van der Waals surface area contributed by atoms with Crippen molar-refractivity contribution in [3.8, 4) is 5.75 Å². The molecule has 2 N–H and O–H groups in total. The molecule has 1 aromatic carbocycles. The molecule has 0 aromatic heterocycles.